The Morgan fingerprint density at radius 3 is 2.18 bits per heavy atom. The fourth-order valence-electron chi connectivity index (χ4n) is 2.61. The van der Waals surface area contributed by atoms with Crippen molar-refractivity contribution in [3.8, 4) is 17.2 Å². The maximum atomic E-state index is 12.6. The van der Waals surface area contributed by atoms with Gasteiger partial charge in [0.1, 0.15) is 17.2 Å². The standard InChI is InChI=1S/C20H25N3O5/c1-26-15-6-4-14(5-7-15)23(11-10-19(21)24)13-20(25)22-17-12-16(27-2)8-9-18(17)28-3/h4-9,12H,10-11,13H2,1-3H3,(H2,21,24)(H,22,25). The first-order valence-corrected chi connectivity index (χ1v) is 8.66. The quantitative estimate of drug-likeness (QED) is 0.647. The summed E-state index contributed by atoms with van der Waals surface area (Å²) in [6.45, 7) is 0.338. The molecule has 0 radical (unpaired) electrons. The van der Waals surface area contributed by atoms with Crippen LogP contribution in [-0.2, 0) is 9.59 Å². The van der Waals surface area contributed by atoms with Crippen LogP contribution in [0, 0.1) is 0 Å². The zero-order valence-corrected chi connectivity index (χ0v) is 16.2. The van der Waals surface area contributed by atoms with E-state index in [2.05, 4.69) is 5.32 Å². The van der Waals surface area contributed by atoms with Crippen LogP contribution in [0.5, 0.6) is 17.2 Å². The Morgan fingerprint density at radius 2 is 1.61 bits per heavy atom. The highest BCUT2D eigenvalue weighted by Crippen LogP contribution is 2.29. The van der Waals surface area contributed by atoms with Crippen LogP contribution in [0.4, 0.5) is 11.4 Å². The summed E-state index contributed by atoms with van der Waals surface area (Å²) in [7, 11) is 4.64. The number of hydrogen-bond acceptors (Lipinski definition) is 6. The van der Waals surface area contributed by atoms with Gasteiger partial charge in [0.25, 0.3) is 0 Å². The van der Waals surface area contributed by atoms with Crippen molar-refractivity contribution in [2.75, 3.05) is 44.6 Å². The number of benzene rings is 2. The molecule has 8 nitrogen and oxygen atoms in total. The third-order valence-electron chi connectivity index (χ3n) is 4.08. The van der Waals surface area contributed by atoms with Gasteiger partial charge in [0.15, 0.2) is 0 Å². The number of carbonyl (C=O) groups is 2. The van der Waals surface area contributed by atoms with Crippen LogP contribution in [0.2, 0.25) is 0 Å². The van der Waals surface area contributed by atoms with E-state index in [1.807, 2.05) is 12.1 Å². The van der Waals surface area contributed by atoms with Gasteiger partial charge in [-0.15, -0.1) is 0 Å². The van der Waals surface area contributed by atoms with Crippen LogP contribution in [-0.4, -0.2) is 46.2 Å². The summed E-state index contributed by atoms with van der Waals surface area (Å²) >= 11 is 0. The molecule has 2 aromatic rings. The summed E-state index contributed by atoms with van der Waals surface area (Å²) < 4.78 is 15.6. The lowest BCUT2D eigenvalue weighted by atomic mass is 10.2. The van der Waals surface area contributed by atoms with E-state index < -0.39 is 5.91 Å². The molecule has 3 N–H and O–H groups in total. The Hall–Kier alpha value is -3.42. The molecule has 0 saturated heterocycles. The van der Waals surface area contributed by atoms with Crippen LogP contribution in [0.25, 0.3) is 0 Å². The number of ether oxygens (including phenoxy) is 3. The molecule has 0 bridgehead atoms. The predicted molar refractivity (Wildman–Crippen MR) is 107 cm³/mol. The first-order valence-electron chi connectivity index (χ1n) is 8.66. The molecule has 0 heterocycles. The molecule has 0 saturated carbocycles. The lowest BCUT2D eigenvalue weighted by Crippen LogP contribution is -2.35. The fourth-order valence-corrected chi connectivity index (χ4v) is 2.61. The SMILES string of the molecule is COc1ccc(N(CCC(N)=O)CC(=O)Nc2cc(OC)ccc2OC)cc1. The van der Waals surface area contributed by atoms with Crippen LogP contribution < -0.4 is 30.2 Å². The molecule has 28 heavy (non-hydrogen) atoms. The largest absolute Gasteiger partial charge is 0.497 e. The number of hydrogen-bond donors (Lipinski definition) is 2. The number of anilines is 2. The number of amides is 2. The molecule has 0 fully saturated rings. The van der Waals surface area contributed by atoms with Crippen molar-refractivity contribution in [2.24, 2.45) is 5.73 Å². The van der Waals surface area contributed by atoms with Gasteiger partial charge in [-0.3, -0.25) is 9.59 Å². The first kappa shape index (κ1) is 20.9. The van der Waals surface area contributed by atoms with E-state index in [-0.39, 0.29) is 18.9 Å². The molecule has 0 aliphatic rings. The Bertz CT molecular complexity index is 808. The van der Waals surface area contributed by atoms with Crippen molar-refractivity contribution < 1.29 is 23.8 Å². The Balaban J connectivity index is 2.16. The molecule has 2 amide bonds. The molecule has 2 rings (SSSR count). The zero-order chi connectivity index (χ0) is 20.5. The minimum atomic E-state index is -0.437. The number of primary amides is 1. The summed E-state index contributed by atoms with van der Waals surface area (Å²) in [6, 6.07) is 12.3. The minimum absolute atomic E-state index is 0.0278. The van der Waals surface area contributed by atoms with Crippen LogP contribution >= 0.6 is 0 Å². The van der Waals surface area contributed by atoms with Gasteiger partial charge in [0.05, 0.1) is 33.6 Å². The summed E-state index contributed by atoms with van der Waals surface area (Å²) in [5, 5.41) is 2.82. The molecular weight excluding hydrogens is 362 g/mol. The second kappa shape index (κ2) is 10.1. The van der Waals surface area contributed by atoms with E-state index in [1.165, 1.54) is 7.11 Å². The maximum Gasteiger partial charge on any atom is 0.243 e. The molecule has 0 aliphatic heterocycles. The molecule has 2 aromatic carbocycles. The molecule has 0 spiro atoms. The average molecular weight is 387 g/mol. The first-order chi connectivity index (χ1) is 13.5. The van der Waals surface area contributed by atoms with E-state index in [9.17, 15) is 9.59 Å². The monoisotopic (exact) mass is 387 g/mol. The number of rotatable bonds is 10. The van der Waals surface area contributed by atoms with Crippen LogP contribution in [0.3, 0.4) is 0 Å². The molecule has 0 aliphatic carbocycles. The summed E-state index contributed by atoms with van der Waals surface area (Å²) in [6.07, 6.45) is 0.127. The van der Waals surface area contributed by atoms with Gasteiger partial charge in [-0.25, -0.2) is 0 Å². The van der Waals surface area contributed by atoms with Crippen molar-refractivity contribution >= 4 is 23.2 Å². The predicted octanol–water partition coefficient (Wildman–Crippen LogP) is 2.03. The van der Waals surface area contributed by atoms with Crippen molar-refractivity contribution in [3.05, 3.63) is 42.5 Å². The van der Waals surface area contributed by atoms with E-state index in [4.69, 9.17) is 19.9 Å². The van der Waals surface area contributed by atoms with Crippen LogP contribution in [0.15, 0.2) is 42.5 Å². The summed E-state index contributed by atoms with van der Waals surface area (Å²) in [5.74, 6) is 1.10. The summed E-state index contributed by atoms with van der Waals surface area (Å²) in [5.41, 5.74) is 6.54. The normalized spacial score (nSPS) is 10.1. The van der Waals surface area contributed by atoms with Gasteiger partial charge in [0, 0.05) is 24.7 Å². The number of nitrogens with one attached hydrogen (secondary N) is 1. The van der Waals surface area contributed by atoms with E-state index in [0.717, 1.165) is 5.69 Å². The maximum absolute atomic E-state index is 12.6. The molecular formula is C20H25N3O5. The van der Waals surface area contributed by atoms with Gasteiger partial charge >= 0.3 is 0 Å². The fraction of sp³-hybridized carbons (Fsp3) is 0.300. The molecule has 0 atom stereocenters. The molecule has 8 heteroatoms. The number of nitrogens with two attached hydrogens (primary N) is 1. The van der Waals surface area contributed by atoms with E-state index in [1.54, 1.807) is 49.5 Å². The molecule has 0 unspecified atom stereocenters. The second-order valence-corrected chi connectivity index (χ2v) is 5.95. The topological polar surface area (TPSA) is 103 Å². The van der Waals surface area contributed by atoms with Crippen molar-refractivity contribution in [1.82, 2.24) is 0 Å². The lowest BCUT2D eigenvalue weighted by Gasteiger charge is -2.24. The Morgan fingerprint density at radius 1 is 0.964 bits per heavy atom. The zero-order valence-electron chi connectivity index (χ0n) is 16.2. The smallest absolute Gasteiger partial charge is 0.243 e. The Labute approximate surface area is 164 Å². The van der Waals surface area contributed by atoms with E-state index in [0.29, 0.717) is 29.5 Å². The molecule has 0 aromatic heterocycles. The van der Waals surface area contributed by atoms with Gasteiger partial charge in [-0.1, -0.05) is 0 Å². The van der Waals surface area contributed by atoms with Gasteiger partial charge in [-0.2, -0.15) is 0 Å². The van der Waals surface area contributed by atoms with Gasteiger partial charge in [-0.05, 0) is 36.4 Å². The third-order valence-corrected chi connectivity index (χ3v) is 4.08. The van der Waals surface area contributed by atoms with E-state index >= 15 is 0 Å². The van der Waals surface area contributed by atoms with Crippen molar-refractivity contribution in [2.45, 2.75) is 6.42 Å². The van der Waals surface area contributed by atoms with Crippen LogP contribution in [0.1, 0.15) is 6.42 Å². The average Bonchev–Trinajstić information content (AvgIpc) is 2.71. The summed E-state index contributed by atoms with van der Waals surface area (Å²) in [4.78, 5) is 25.6. The number of carbonyl (C=O) groups excluding carboxylic acids is 2. The number of nitrogens with zero attached hydrogens (tertiary/aromatic N) is 1. The highest BCUT2D eigenvalue weighted by molar-refractivity contribution is 5.95. The van der Waals surface area contributed by atoms with Crippen molar-refractivity contribution in [1.29, 1.82) is 0 Å². The van der Waals surface area contributed by atoms with Gasteiger partial charge < -0.3 is 30.2 Å². The molecule has 150 valence electrons. The minimum Gasteiger partial charge on any atom is -0.497 e. The van der Waals surface area contributed by atoms with Gasteiger partial charge in [0.2, 0.25) is 11.8 Å². The third kappa shape index (κ3) is 5.80. The number of methoxy groups -OCH3 is 3. The lowest BCUT2D eigenvalue weighted by molar-refractivity contribution is -0.118. The second-order valence-electron chi connectivity index (χ2n) is 5.95. The highest BCUT2D eigenvalue weighted by atomic mass is 16.5. The highest BCUT2D eigenvalue weighted by Gasteiger charge is 2.15. The Kier molecular flexibility index (Phi) is 7.50. The van der Waals surface area contributed by atoms with Crippen molar-refractivity contribution in [3.63, 3.8) is 0 Å².